The van der Waals surface area contributed by atoms with Crippen molar-refractivity contribution in [2.24, 2.45) is 9.98 Å². The van der Waals surface area contributed by atoms with Crippen LogP contribution in [0.3, 0.4) is 0 Å². The van der Waals surface area contributed by atoms with Crippen LogP contribution in [0.4, 0.5) is 11.4 Å². The minimum absolute atomic E-state index is 0. The van der Waals surface area contributed by atoms with E-state index in [1.54, 1.807) is 0 Å². The van der Waals surface area contributed by atoms with Crippen molar-refractivity contribution in [1.82, 2.24) is 0 Å². The number of hydrogen-bond donors (Lipinski definition) is 2. The molecule has 0 aliphatic carbocycles. The van der Waals surface area contributed by atoms with Gasteiger partial charge in [-0.25, -0.2) is 0 Å². The van der Waals surface area contributed by atoms with Crippen LogP contribution >= 0.6 is 0 Å². The molecule has 2 aromatic rings. The Hall–Kier alpha value is -3.41. The maximum Gasteiger partial charge on any atom is 2.00 e. The van der Waals surface area contributed by atoms with Crippen LogP contribution in [0, 0.1) is 20.2 Å². The van der Waals surface area contributed by atoms with Gasteiger partial charge in [0.15, 0.2) is 0 Å². The van der Waals surface area contributed by atoms with Crippen LogP contribution in [-0.2, 0) is 16.5 Å². The first-order chi connectivity index (χ1) is 18.3. The van der Waals surface area contributed by atoms with E-state index in [4.69, 9.17) is 0 Å². The summed E-state index contributed by atoms with van der Waals surface area (Å²) >= 11 is 0. The number of aromatic hydroxyl groups is 2. The fourth-order valence-electron chi connectivity index (χ4n) is 4.08. The van der Waals surface area contributed by atoms with Gasteiger partial charge >= 0.3 is 16.5 Å². The second-order valence-electron chi connectivity index (χ2n) is 9.10. The molecule has 2 fully saturated rings. The van der Waals surface area contributed by atoms with Gasteiger partial charge in [0.05, 0.1) is 9.85 Å². The molecule has 2 aromatic carbocycles. The number of aliphatic imine (C=N–C) groups is 2. The number of benzene rings is 2. The summed E-state index contributed by atoms with van der Waals surface area (Å²) in [5.41, 5.74) is 0.623. The Kier molecular flexibility index (Phi) is 13.5. The molecule has 2 aliphatic heterocycles. The number of nitrogens with zero attached hydrogens (tertiary/aromatic N) is 6. The summed E-state index contributed by atoms with van der Waals surface area (Å²) in [5.74, 6) is -0.00938. The normalized spacial score (nSPS) is 19.2. The first kappa shape index (κ1) is 31.8. The van der Waals surface area contributed by atoms with Crippen molar-refractivity contribution in [3.63, 3.8) is 0 Å². The Balaban J connectivity index is 0.000000267. The largest absolute Gasteiger partial charge is 2.00 e. The van der Waals surface area contributed by atoms with Gasteiger partial charge in [-0.3, -0.25) is 30.2 Å². The second-order valence-corrected chi connectivity index (χ2v) is 9.10. The van der Waals surface area contributed by atoms with Crippen molar-refractivity contribution >= 4 is 23.8 Å². The topological polar surface area (TPSA) is 180 Å². The maximum atomic E-state index is 10.7. The summed E-state index contributed by atoms with van der Waals surface area (Å²) in [6.07, 6.45) is 9.67. The van der Waals surface area contributed by atoms with E-state index >= 15 is 0 Å². The molecule has 0 spiro atoms. The van der Waals surface area contributed by atoms with Crippen LogP contribution in [0.2, 0.25) is 0 Å². The van der Waals surface area contributed by atoms with Gasteiger partial charge < -0.3 is 20.8 Å². The number of phenolic OH excluding ortho intramolecular Hbond substituents is 2. The van der Waals surface area contributed by atoms with Crippen molar-refractivity contribution < 1.29 is 36.6 Å². The first-order valence-corrected chi connectivity index (χ1v) is 12.6. The molecular formula is C26H32N6NiO6. The third-order valence-electron chi connectivity index (χ3n) is 6.20. The molecule has 2 aliphatic rings. The third-order valence-corrected chi connectivity index (χ3v) is 6.20. The van der Waals surface area contributed by atoms with Crippen molar-refractivity contribution in [2.45, 2.75) is 50.6 Å². The van der Waals surface area contributed by atoms with E-state index in [-0.39, 0.29) is 51.4 Å². The molecule has 0 aromatic heterocycles. The van der Waals surface area contributed by atoms with Gasteiger partial charge in [0, 0.05) is 60.9 Å². The van der Waals surface area contributed by atoms with Crippen LogP contribution in [0.15, 0.2) is 46.4 Å². The number of rotatable bonds is 8. The molecule has 0 saturated carbocycles. The standard InChI is InChI=1S/2C13H16N3O3.Ni/c2*17-13-5-4-12(16(18)19)7-10(13)8-14-9-11-3-1-2-6-15-11;/h2*4-5,7-8,11,17H,1-3,6,9H2;/q2*-1;+2. The number of phenols is 2. The first-order valence-electron chi connectivity index (χ1n) is 12.6. The predicted octanol–water partition coefficient (Wildman–Crippen LogP) is 5.29. The molecule has 2 atom stereocenters. The van der Waals surface area contributed by atoms with E-state index in [2.05, 4.69) is 20.6 Å². The molecule has 39 heavy (non-hydrogen) atoms. The molecule has 212 valence electrons. The molecule has 4 rings (SSSR count). The van der Waals surface area contributed by atoms with E-state index in [0.717, 1.165) is 38.8 Å². The van der Waals surface area contributed by atoms with Crippen molar-refractivity contribution in [3.8, 4) is 11.5 Å². The van der Waals surface area contributed by atoms with Gasteiger partial charge in [-0.1, -0.05) is 38.5 Å². The van der Waals surface area contributed by atoms with Crippen LogP contribution in [0.25, 0.3) is 10.6 Å². The van der Waals surface area contributed by atoms with E-state index < -0.39 is 9.85 Å². The average molecular weight is 583 g/mol. The molecular weight excluding hydrogens is 551 g/mol. The maximum absolute atomic E-state index is 10.7. The molecule has 0 radical (unpaired) electrons. The van der Waals surface area contributed by atoms with Crippen LogP contribution < -0.4 is 0 Å². The molecule has 0 bridgehead atoms. The average Bonchev–Trinajstić information content (AvgIpc) is 2.92. The predicted molar refractivity (Wildman–Crippen MR) is 146 cm³/mol. The van der Waals surface area contributed by atoms with Gasteiger partial charge in [0.1, 0.15) is 11.5 Å². The third kappa shape index (κ3) is 10.7. The monoisotopic (exact) mass is 582 g/mol. The number of nitro benzene ring substituents is 2. The van der Waals surface area contributed by atoms with Gasteiger partial charge in [-0.2, -0.15) is 0 Å². The summed E-state index contributed by atoms with van der Waals surface area (Å²) in [5, 5.41) is 49.4. The fraction of sp³-hybridized carbons (Fsp3) is 0.462. The quantitative estimate of drug-likeness (QED) is 0.184. The number of nitro groups is 2. The number of piperidine rings is 2. The molecule has 2 heterocycles. The SMILES string of the molecule is O=[N+]([O-])c1ccc(O)c(C=NCC2CCCC[N-]2)c1.O=[N+]([O-])c1ccc(O)c(C=NCC2CCCC[N-]2)c1.[Ni+2]. The summed E-state index contributed by atoms with van der Waals surface area (Å²) < 4.78 is 0. The van der Waals surface area contributed by atoms with E-state index in [1.807, 2.05) is 0 Å². The minimum atomic E-state index is -0.493. The minimum Gasteiger partial charge on any atom is -0.658 e. The number of hydrogen-bond acceptors (Lipinski definition) is 8. The zero-order chi connectivity index (χ0) is 27.3. The van der Waals surface area contributed by atoms with Crippen LogP contribution in [0.5, 0.6) is 11.5 Å². The van der Waals surface area contributed by atoms with Crippen LogP contribution in [0.1, 0.15) is 49.7 Å². The van der Waals surface area contributed by atoms with Gasteiger partial charge in [0.2, 0.25) is 0 Å². The van der Waals surface area contributed by atoms with Gasteiger partial charge in [-0.05, 0) is 12.1 Å². The zero-order valence-corrected chi connectivity index (χ0v) is 22.4. The number of non-ortho nitro benzene ring substituents is 2. The van der Waals surface area contributed by atoms with Gasteiger partial charge in [0.25, 0.3) is 11.4 Å². The Bertz CT molecular complexity index is 1060. The zero-order valence-electron chi connectivity index (χ0n) is 21.4. The van der Waals surface area contributed by atoms with Crippen molar-refractivity contribution in [2.75, 3.05) is 26.2 Å². The Morgan fingerprint density at radius 1 is 0.769 bits per heavy atom. The molecule has 2 N–H and O–H groups in total. The molecule has 12 nitrogen and oxygen atoms in total. The van der Waals surface area contributed by atoms with E-state index in [9.17, 15) is 30.4 Å². The summed E-state index contributed by atoms with van der Waals surface area (Å²) in [6.45, 7) is 2.93. The Labute approximate surface area is 236 Å². The van der Waals surface area contributed by atoms with Crippen LogP contribution in [-0.4, -0.2) is 70.8 Å². The fourth-order valence-corrected chi connectivity index (χ4v) is 4.08. The molecule has 0 amide bonds. The Morgan fingerprint density at radius 3 is 1.51 bits per heavy atom. The summed E-state index contributed by atoms with van der Waals surface area (Å²) in [6, 6.07) is 8.27. The second kappa shape index (κ2) is 16.5. The summed E-state index contributed by atoms with van der Waals surface area (Å²) in [7, 11) is 0. The van der Waals surface area contributed by atoms with E-state index in [1.165, 1.54) is 61.7 Å². The van der Waals surface area contributed by atoms with Crippen molar-refractivity contribution in [3.05, 3.63) is 78.4 Å². The van der Waals surface area contributed by atoms with Gasteiger partial charge in [-0.15, -0.1) is 25.2 Å². The van der Waals surface area contributed by atoms with Crippen molar-refractivity contribution in [1.29, 1.82) is 0 Å². The molecule has 13 heteroatoms. The molecule has 2 saturated heterocycles. The Morgan fingerprint density at radius 2 is 1.18 bits per heavy atom. The summed E-state index contributed by atoms with van der Waals surface area (Å²) in [4.78, 5) is 28.8. The smallest absolute Gasteiger partial charge is 0.658 e. The molecule has 2 unspecified atom stereocenters. The van der Waals surface area contributed by atoms with E-state index in [0.29, 0.717) is 24.2 Å².